The first kappa shape index (κ1) is 14.7. The van der Waals surface area contributed by atoms with Crippen LogP contribution in [0.3, 0.4) is 0 Å². The van der Waals surface area contributed by atoms with Gasteiger partial charge in [0, 0.05) is 6.54 Å². The van der Waals surface area contributed by atoms with E-state index < -0.39 is 5.82 Å². The molecule has 0 bridgehead atoms. The molecule has 1 N–H and O–H groups in total. The third-order valence-corrected chi connectivity index (χ3v) is 3.12. The van der Waals surface area contributed by atoms with Gasteiger partial charge < -0.3 is 10.1 Å². The highest BCUT2D eigenvalue weighted by molar-refractivity contribution is 6.31. The van der Waals surface area contributed by atoms with Crippen LogP contribution >= 0.6 is 11.6 Å². The number of hydrogen-bond donors (Lipinski definition) is 1. The van der Waals surface area contributed by atoms with E-state index in [9.17, 15) is 4.39 Å². The van der Waals surface area contributed by atoms with Crippen molar-refractivity contribution < 1.29 is 9.13 Å². The molecule has 106 valence electrons. The van der Waals surface area contributed by atoms with Crippen molar-refractivity contribution >= 4 is 17.3 Å². The van der Waals surface area contributed by atoms with Crippen LogP contribution in [-0.2, 0) is 6.54 Å². The van der Waals surface area contributed by atoms with Gasteiger partial charge in [-0.05, 0) is 36.2 Å². The number of halogens is 2. The minimum absolute atomic E-state index is 0.123. The molecule has 2 rings (SSSR count). The van der Waals surface area contributed by atoms with Crippen LogP contribution in [-0.4, -0.2) is 6.61 Å². The van der Waals surface area contributed by atoms with Crippen LogP contribution in [0, 0.1) is 5.82 Å². The number of anilines is 1. The molecular weight excluding hydrogens is 277 g/mol. The molecule has 0 spiro atoms. The summed E-state index contributed by atoms with van der Waals surface area (Å²) < 4.78 is 19.2. The van der Waals surface area contributed by atoms with Gasteiger partial charge in [0.2, 0.25) is 0 Å². The van der Waals surface area contributed by atoms with Crippen molar-refractivity contribution in [1.82, 2.24) is 0 Å². The van der Waals surface area contributed by atoms with Crippen LogP contribution in [0.5, 0.6) is 5.75 Å². The predicted molar refractivity (Wildman–Crippen MR) is 81.0 cm³/mol. The molecule has 0 amide bonds. The summed E-state index contributed by atoms with van der Waals surface area (Å²) in [5, 5.41) is 3.16. The molecule has 0 aliphatic carbocycles. The second kappa shape index (κ2) is 7.15. The van der Waals surface area contributed by atoms with Crippen molar-refractivity contribution in [3.05, 3.63) is 58.9 Å². The maximum Gasteiger partial charge on any atom is 0.164 e. The minimum atomic E-state index is -0.419. The molecular formula is C16H17ClFNO. The van der Waals surface area contributed by atoms with Crippen LogP contribution in [0.1, 0.15) is 18.9 Å². The Morgan fingerprint density at radius 3 is 2.60 bits per heavy atom. The highest BCUT2D eigenvalue weighted by atomic mass is 35.5. The van der Waals surface area contributed by atoms with Crippen molar-refractivity contribution in [1.29, 1.82) is 0 Å². The maximum atomic E-state index is 13.7. The SMILES string of the molecule is CCCOc1ccc(CNc2cccc(Cl)c2F)cc1. The van der Waals surface area contributed by atoms with Crippen molar-refractivity contribution in [3.63, 3.8) is 0 Å². The zero-order valence-corrected chi connectivity index (χ0v) is 12.1. The van der Waals surface area contributed by atoms with E-state index in [1.54, 1.807) is 12.1 Å². The largest absolute Gasteiger partial charge is 0.494 e. The zero-order chi connectivity index (χ0) is 14.4. The Morgan fingerprint density at radius 2 is 1.90 bits per heavy atom. The van der Waals surface area contributed by atoms with Crippen molar-refractivity contribution in [3.8, 4) is 5.75 Å². The molecule has 2 aromatic carbocycles. The number of nitrogens with one attached hydrogen (secondary N) is 1. The highest BCUT2D eigenvalue weighted by Gasteiger charge is 2.05. The summed E-state index contributed by atoms with van der Waals surface area (Å²) in [6, 6.07) is 12.7. The van der Waals surface area contributed by atoms with E-state index in [-0.39, 0.29) is 5.02 Å². The Balaban J connectivity index is 1.95. The molecule has 20 heavy (non-hydrogen) atoms. The maximum absolute atomic E-state index is 13.7. The van der Waals surface area contributed by atoms with Crippen LogP contribution in [0.25, 0.3) is 0 Å². The number of benzene rings is 2. The van der Waals surface area contributed by atoms with Gasteiger partial charge in [-0.2, -0.15) is 0 Å². The lowest BCUT2D eigenvalue weighted by molar-refractivity contribution is 0.317. The van der Waals surface area contributed by atoms with Crippen LogP contribution < -0.4 is 10.1 Å². The van der Waals surface area contributed by atoms with E-state index in [4.69, 9.17) is 16.3 Å². The Bertz CT molecular complexity index is 557. The molecule has 0 atom stereocenters. The Hall–Kier alpha value is -1.74. The first-order valence-electron chi connectivity index (χ1n) is 6.60. The van der Waals surface area contributed by atoms with Gasteiger partial charge in [0.1, 0.15) is 5.75 Å². The van der Waals surface area contributed by atoms with Crippen LogP contribution in [0.15, 0.2) is 42.5 Å². The molecule has 0 radical (unpaired) electrons. The van der Waals surface area contributed by atoms with Crippen molar-refractivity contribution in [2.45, 2.75) is 19.9 Å². The molecule has 0 heterocycles. The molecule has 4 heteroatoms. The molecule has 2 nitrogen and oxygen atoms in total. The number of rotatable bonds is 6. The topological polar surface area (TPSA) is 21.3 Å². The summed E-state index contributed by atoms with van der Waals surface area (Å²) in [5.41, 5.74) is 1.46. The van der Waals surface area contributed by atoms with Gasteiger partial charge in [-0.1, -0.05) is 36.7 Å². The summed E-state index contributed by atoms with van der Waals surface area (Å²) in [6.45, 7) is 3.31. The number of hydrogen-bond acceptors (Lipinski definition) is 2. The summed E-state index contributed by atoms with van der Waals surface area (Å²) in [7, 11) is 0. The fraction of sp³-hybridized carbons (Fsp3) is 0.250. The lowest BCUT2D eigenvalue weighted by Gasteiger charge is -2.09. The third-order valence-electron chi connectivity index (χ3n) is 2.83. The van der Waals surface area contributed by atoms with Crippen molar-refractivity contribution in [2.24, 2.45) is 0 Å². The van der Waals surface area contributed by atoms with E-state index in [1.165, 1.54) is 6.07 Å². The van der Waals surface area contributed by atoms with Gasteiger partial charge in [0.15, 0.2) is 5.82 Å². The minimum Gasteiger partial charge on any atom is -0.494 e. The fourth-order valence-electron chi connectivity index (χ4n) is 1.76. The van der Waals surface area contributed by atoms with Gasteiger partial charge in [-0.15, -0.1) is 0 Å². The van der Waals surface area contributed by atoms with Gasteiger partial charge in [-0.25, -0.2) is 4.39 Å². The monoisotopic (exact) mass is 293 g/mol. The Labute approximate surface area is 123 Å². The smallest absolute Gasteiger partial charge is 0.164 e. The van der Waals surface area contributed by atoms with Gasteiger partial charge in [-0.3, -0.25) is 0 Å². The average Bonchev–Trinajstić information content (AvgIpc) is 2.48. The fourth-order valence-corrected chi connectivity index (χ4v) is 1.94. The normalized spacial score (nSPS) is 10.3. The van der Waals surface area contributed by atoms with Gasteiger partial charge in [0.05, 0.1) is 17.3 Å². The zero-order valence-electron chi connectivity index (χ0n) is 11.3. The summed E-state index contributed by atoms with van der Waals surface area (Å²) in [4.78, 5) is 0. The predicted octanol–water partition coefficient (Wildman–Crippen LogP) is 4.88. The third kappa shape index (κ3) is 3.87. The molecule has 0 unspecified atom stereocenters. The van der Waals surface area contributed by atoms with Crippen LogP contribution in [0.2, 0.25) is 5.02 Å². The van der Waals surface area contributed by atoms with Gasteiger partial charge in [0.25, 0.3) is 0 Å². The van der Waals surface area contributed by atoms with E-state index in [2.05, 4.69) is 12.2 Å². The van der Waals surface area contributed by atoms with E-state index in [0.29, 0.717) is 18.8 Å². The molecule has 0 saturated heterocycles. The van der Waals surface area contributed by atoms with E-state index in [1.807, 2.05) is 24.3 Å². The Morgan fingerprint density at radius 1 is 1.15 bits per heavy atom. The molecule has 2 aromatic rings. The number of ether oxygens (including phenoxy) is 1. The summed E-state index contributed by atoms with van der Waals surface area (Å²) in [6.07, 6.45) is 0.983. The molecule has 0 fully saturated rings. The molecule has 0 aliphatic rings. The Kier molecular flexibility index (Phi) is 5.24. The first-order valence-corrected chi connectivity index (χ1v) is 6.98. The van der Waals surface area contributed by atoms with Gasteiger partial charge >= 0.3 is 0 Å². The van der Waals surface area contributed by atoms with E-state index >= 15 is 0 Å². The standard InChI is InChI=1S/C16H17ClFNO/c1-2-10-20-13-8-6-12(7-9-13)11-19-15-5-3-4-14(17)16(15)18/h3-9,19H,2,10-11H2,1H3. The molecule has 0 saturated carbocycles. The summed E-state index contributed by atoms with van der Waals surface area (Å²) in [5.74, 6) is 0.432. The van der Waals surface area contributed by atoms with E-state index in [0.717, 1.165) is 17.7 Å². The average molecular weight is 294 g/mol. The molecule has 0 aromatic heterocycles. The quantitative estimate of drug-likeness (QED) is 0.819. The second-order valence-electron chi connectivity index (χ2n) is 4.45. The van der Waals surface area contributed by atoms with Crippen LogP contribution in [0.4, 0.5) is 10.1 Å². The molecule has 0 aliphatic heterocycles. The lowest BCUT2D eigenvalue weighted by Crippen LogP contribution is -2.02. The summed E-state index contributed by atoms with van der Waals surface area (Å²) >= 11 is 5.73. The highest BCUT2D eigenvalue weighted by Crippen LogP contribution is 2.22. The lowest BCUT2D eigenvalue weighted by atomic mass is 10.2. The second-order valence-corrected chi connectivity index (χ2v) is 4.85. The first-order chi connectivity index (χ1) is 9.70. The van der Waals surface area contributed by atoms with Crippen molar-refractivity contribution in [2.75, 3.05) is 11.9 Å².